The van der Waals surface area contributed by atoms with E-state index >= 15 is 0 Å². The van der Waals surface area contributed by atoms with Crippen LogP contribution < -0.4 is 10.6 Å². The van der Waals surface area contributed by atoms with Gasteiger partial charge in [0.2, 0.25) is 5.91 Å². The summed E-state index contributed by atoms with van der Waals surface area (Å²) in [7, 11) is 0. The monoisotopic (exact) mass is 253 g/mol. The molecule has 6 nitrogen and oxygen atoms in total. The van der Waals surface area contributed by atoms with E-state index < -0.39 is 0 Å². The second-order valence-corrected chi connectivity index (χ2v) is 3.79. The summed E-state index contributed by atoms with van der Waals surface area (Å²) in [5.41, 5.74) is 1.72. The number of hydrogen-bond donors (Lipinski definition) is 2. The number of nitrogens with zero attached hydrogens (tertiary/aromatic N) is 3. The van der Waals surface area contributed by atoms with Crippen molar-refractivity contribution in [2.24, 2.45) is 0 Å². The number of anilines is 3. The van der Waals surface area contributed by atoms with Crippen LogP contribution in [-0.2, 0) is 4.79 Å². The minimum absolute atomic E-state index is 0.129. The molecule has 0 spiro atoms. The predicted octanol–water partition coefficient (Wildman–Crippen LogP) is 2.05. The summed E-state index contributed by atoms with van der Waals surface area (Å²) in [5, 5.41) is 14.4. The van der Waals surface area contributed by atoms with E-state index in [1.165, 1.54) is 19.3 Å². The van der Waals surface area contributed by atoms with Crippen LogP contribution in [0, 0.1) is 11.3 Å². The molecule has 1 aromatic carbocycles. The molecule has 0 fully saturated rings. The molecule has 2 rings (SSSR count). The summed E-state index contributed by atoms with van der Waals surface area (Å²) in [6.07, 6.45) is 2.86. The Labute approximate surface area is 110 Å². The van der Waals surface area contributed by atoms with Gasteiger partial charge < -0.3 is 10.6 Å². The lowest BCUT2D eigenvalue weighted by molar-refractivity contribution is -0.114. The van der Waals surface area contributed by atoms with E-state index in [0.29, 0.717) is 11.5 Å². The smallest absolute Gasteiger partial charge is 0.221 e. The summed E-state index contributed by atoms with van der Waals surface area (Å²) in [5.74, 6) is 0.397. The van der Waals surface area contributed by atoms with Crippen LogP contribution in [0.2, 0.25) is 0 Å². The SMILES string of the molecule is CC(=O)Nc1cccc(Nc2cnc(C#N)cn2)c1. The van der Waals surface area contributed by atoms with Gasteiger partial charge in [0.1, 0.15) is 11.9 Å². The van der Waals surface area contributed by atoms with Crippen molar-refractivity contribution in [2.75, 3.05) is 10.6 Å². The molecule has 1 amide bonds. The molecular weight excluding hydrogens is 242 g/mol. The molecule has 0 atom stereocenters. The molecule has 0 saturated carbocycles. The van der Waals surface area contributed by atoms with Gasteiger partial charge in [-0.25, -0.2) is 9.97 Å². The van der Waals surface area contributed by atoms with Gasteiger partial charge in [-0.3, -0.25) is 4.79 Å². The van der Waals surface area contributed by atoms with Crippen molar-refractivity contribution in [3.63, 3.8) is 0 Å². The second-order valence-electron chi connectivity index (χ2n) is 3.79. The van der Waals surface area contributed by atoms with Gasteiger partial charge in [-0.1, -0.05) is 6.07 Å². The number of carbonyl (C=O) groups is 1. The van der Waals surface area contributed by atoms with Crippen molar-refractivity contribution in [1.82, 2.24) is 9.97 Å². The van der Waals surface area contributed by atoms with Gasteiger partial charge >= 0.3 is 0 Å². The van der Waals surface area contributed by atoms with Crippen molar-refractivity contribution in [1.29, 1.82) is 5.26 Å². The normalized spacial score (nSPS) is 9.47. The fourth-order valence-corrected chi connectivity index (χ4v) is 1.48. The van der Waals surface area contributed by atoms with Crippen LogP contribution in [-0.4, -0.2) is 15.9 Å². The number of nitriles is 1. The van der Waals surface area contributed by atoms with Gasteiger partial charge in [-0.05, 0) is 18.2 Å². The second kappa shape index (κ2) is 5.60. The Hall–Kier alpha value is -2.94. The maximum atomic E-state index is 11.0. The molecule has 0 unspecified atom stereocenters. The summed E-state index contributed by atoms with van der Waals surface area (Å²) in [6, 6.07) is 9.12. The van der Waals surface area contributed by atoms with Gasteiger partial charge in [0, 0.05) is 18.3 Å². The van der Waals surface area contributed by atoms with Gasteiger partial charge in [-0.15, -0.1) is 0 Å². The Morgan fingerprint density at radius 2 is 2.05 bits per heavy atom. The van der Waals surface area contributed by atoms with Gasteiger partial charge in [0.25, 0.3) is 0 Å². The first-order valence-corrected chi connectivity index (χ1v) is 5.54. The van der Waals surface area contributed by atoms with Crippen molar-refractivity contribution >= 4 is 23.1 Å². The maximum Gasteiger partial charge on any atom is 0.221 e. The fourth-order valence-electron chi connectivity index (χ4n) is 1.48. The molecule has 19 heavy (non-hydrogen) atoms. The Balaban J connectivity index is 2.14. The van der Waals surface area contributed by atoms with Crippen LogP contribution in [0.4, 0.5) is 17.2 Å². The average molecular weight is 253 g/mol. The number of hydrogen-bond acceptors (Lipinski definition) is 5. The van der Waals surface area contributed by atoms with E-state index in [1.54, 1.807) is 12.1 Å². The average Bonchev–Trinajstić information content (AvgIpc) is 2.39. The third-order valence-corrected chi connectivity index (χ3v) is 2.22. The first-order valence-electron chi connectivity index (χ1n) is 5.54. The molecule has 94 valence electrons. The number of benzene rings is 1. The molecule has 2 N–H and O–H groups in total. The third kappa shape index (κ3) is 3.51. The van der Waals surface area contributed by atoms with Crippen molar-refractivity contribution < 1.29 is 4.79 Å². The summed E-state index contributed by atoms with van der Waals surface area (Å²) in [4.78, 5) is 18.9. The van der Waals surface area contributed by atoms with Crippen LogP contribution >= 0.6 is 0 Å². The van der Waals surface area contributed by atoms with Crippen LogP contribution in [0.1, 0.15) is 12.6 Å². The highest BCUT2D eigenvalue weighted by atomic mass is 16.1. The lowest BCUT2D eigenvalue weighted by atomic mass is 10.2. The Kier molecular flexibility index (Phi) is 3.69. The van der Waals surface area contributed by atoms with Gasteiger partial charge in [0.05, 0.1) is 12.4 Å². The molecule has 0 saturated heterocycles. The van der Waals surface area contributed by atoms with E-state index in [9.17, 15) is 4.79 Å². The number of aromatic nitrogens is 2. The first-order chi connectivity index (χ1) is 9.17. The minimum atomic E-state index is -0.129. The standard InChI is InChI=1S/C13H11N5O/c1-9(19)17-10-3-2-4-11(5-10)18-13-8-15-12(6-14)7-16-13/h2-5,7-8H,1H3,(H,16,18)(H,17,19). The number of rotatable bonds is 3. The van der Waals surface area contributed by atoms with Crippen LogP contribution in [0.25, 0.3) is 0 Å². The Morgan fingerprint density at radius 3 is 2.68 bits per heavy atom. The molecule has 0 radical (unpaired) electrons. The number of nitrogens with one attached hydrogen (secondary N) is 2. The van der Waals surface area contributed by atoms with E-state index in [2.05, 4.69) is 20.6 Å². The molecule has 2 aromatic rings. The van der Waals surface area contributed by atoms with Crippen LogP contribution in [0.15, 0.2) is 36.7 Å². The zero-order chi connectivity index (χ0) is 13.7. The Morgan fingerprint density at radius 1 is 1.26 bits per heavy atom. The predicted molar refractivity (Wildman–Crippen MR) is 70.8 cm³/mol. The maximum absolute atomic E-state index is 11.0. The number of carbonyl (C=O) groups excluding carboxylic acids is 1. The van der Waals surface area contributed by atoms with E-state index in [-0.39, 0.29) is 11.6 Å². The van der Waals surface area contributed by atoms with Gasteiger partial charge in [0.15, 0.2) is 5.69 Å². The molecule has 0 bridgehead atoms. The minimum Gasteiger partial charge on any atom is -0.339 e. The summed E-state index contributed by atoms with van der Waals surface area (Å²) in [6.45, 7) is 1.45. The number of amides is 1. The first kappa shape index (κ1) is 12.5. The largest absolute Gasteiger partial charge is 0.339 e. The van der Waals surface area contributed by atoms with Crippen molar-refractivity contribution in [3.05, 3.63) is 42.4 Å². The molecule has 0 aliphatic rings. The third-order valence-electron chi connectivity index (χ3n) is 2.22. The lowest BCUT2D eigenvalue weighted by Crippen LogP contribution is -2.05. The Bertz CT molecular complexity index is 630. The van der Waals surface area contributed by atoms with Gasteiger partial charge in [-0.2, -0.15) is 5.26 Å². The molecule has 0 aliphatic heterocycles. The van der Waals surface area contributed by atoms with Crippen LogP contribution in [0.3, 0.4) is 0 Å². The highest BCUT2D eigenvalue weighted by Gasteiger charge is 2.00. The van der Waals surface area contributed by atoms with Crippen molar-refractivity contribution in [3.8, 4) is 6.07 Å². The van der Waals surface area contributed by atoms with E-state index in [4.69, 9.17) is 5.26 Å². The van der Waals surface area contributed by atoms with E-state index in [1.807, 2.05) is 18.2 Å². The zero-order valence-electron chi connectivity index (χ0n) is 10.2. The molecular formula is C13H11N5O. The molecule has 1 heterocycles. The zero-order valence-corrected chi connectivity index (χ0v) is 10.2. The van der Waals surface area contributed by atoms with Crippen LogP contribution in [0.5, 0.6) is 0 Å². The molecule has 0 aliphatic carbocycles. The highest BCUT2D eigenvalue weighted by molar-refractivity contribution is 5.89. The molecule has 1 aromatic heterocycles. The topological polar surface area (TPSA) is 90.7 Å². The fraction of sp³-hybridized carbons (Fsp3) is 0.0769. The summed E-state index contributed by atoms with van der Waals surface area (Å²) < 4.78 is 0. The molecule has 6 heteroatoms. The van der Waals surface area contributed by atoms with Crippen molar-refractivity contribution in [2.45, 2.75) is 6.92 Å². The lowest BCUT2D eigenvalue weighted by Gasteiger charge is -2.07. The highest BCUT2D eigenvalue weighted by Crippen LogP contribution is 2.18. The van der Waals surface area contributed by atoms with E-state index in [0.717, 1.165) is 5.69 Å². The summed E-state index contributed by atoms with van der Waals surface area (Å²) >= 11 is 0. The quantitative estimate of drug-likeness (QED) is 0.873.